The summed E-state index contributed by atoms with van der Waals surface area (Å²) in [6.45, 7) is 4.70. The van der Waals surface area contributed by atoms with Crippen LogP contribution < -0.4 is 16.2 Å². The average molecular weight is 575 g/mol. The molecule has 7 heteroatoms. The van der Waals surface area contributed by atoms with Crippen molar-refractivity contribution in [1.29, 1.82) is 0 Å². The minimum Gasteiger partial charge on any atom is -0.356 e. The molecule has 0 radical (unpaired) electrons. The van der Waals surface area contributed by atoms with Gasteiger partial charge in [-0.2, -0.15) is 0 Å². The van der Waals surface area contributed by atoms with Crippen LogP contribution in [0.3, 0.4) is 0 Å². The van der Waals surface area contributed by atoms with Gasteiger partial charge in [-0.3, -0.25) is 9.79 Å². The van der Waals surface area contributed by atoms with Crippen LogP contribution in [-0.4, -0.2) is 30.7 Å². The molecule has 0 saturated carbocycles. The summed E-state index contributed by atoms with van der Waals surface area (Å²) in [5.41, 5.74) is 1.41. The van der Waals surface area contributed by atoms with E-state index < -0.39 is 0 Å². The number of benzene rings is 1. The second-order valence-corrected chi connectivity index (χ2v) is 7.84. The Morgan fingerprint density at radius 1 is 1.17 bits per heavy atom. The topological polar surface area (TPSA) is 58.4 Å². The maximum atomic E-state index is 11.7. The summed E-state index contributed by atoms with van der Waals surface area (Å²) in [7, 11) is 1.80. The number of aliphatic imine (C=N–C) groups is 1. The zero-order chi connectivity index (χ0) is 20.2. The number of nitrogens with one attached hydrogen (secondary N) is 2. The van der Waals surface area contributed by atoms with Gasteiger partial charge in [-0.15, -0.1) is 24.0 Å². The van der Waals surface area contributed by atoms with Crippen molar-refractivity contribution in [3.05, 3.63) is 69.1 Å². The van der Waals surface area contributed by atoms with Crippen LogP contribution in [-0.2, 0) is 13.0 Å². The zero-order valence-electron chi connectivity index (χ0n) is 17.2. The van der Waals surface area contributed by atoms with Crippen molar-refractivity contribution in [1.82, 2.24) is 15.2 Å². The van der Waals surface area contributed by atoms with Crippen molar-refractivity contribution in [2.75, 3.05) is 20.1 Å². The molecule has 0 spiro atoms. The molecular weight excluding hydrogens is 543 g/mol. The second-order valence-electron chi connectivity index (χ2n) is 6.93. The molecule has 1 atom stereocenters. The van der Waals surface area contributed by atoms with E-state index in [0.29, 0.717) is 5.92 Å². The molecule has 1 heterocycles. The van der Waals surface area contributed by atoms with Gasteiger partial charge in [-0.25, -0.2) is 0 Å². The highest BCUT2D eigenvalue weighted by molar-refractivity contribution is 14.0. The fourth-order valence-electron chi connectivity index (χ4n) is 3.08. The Balaban J connectivity index is 0.00000420. The SMILES string of the molecule is CCC(CNC(=NC)NCCCCn1ccccc1=O)Cc1cccc(Br)c1.I. The van der Waals surface area contributed by atoms with Gasteiger partial charge in [-0.05, 0) is 48.9 Å². The zero-order valence-corrected chi connectivity index (χ0v) is 21.2. The summed E-state index contributed by atoms with van der Waals surface area (Å²) in [5, 5.41) is 6.81. The maximum Gasteiger partial charge on any atom is 0.250 e. The lowest BCUT2D eigenvalue weighted by Gasteiger charge is -2.18. The van der Waals surface area contributed by atoms with Gasteiger partial charge in [0.25, 0.3) is 0 Å². The normalized spacial score (nSPS) is 12.2. The molecule has 1 aromatic heterocycles. The summed E-state index contributed by atoms with van der Waals surface area (Å²) < 4.78 is 2.88. The number of rotatable bonds is 10. The first-order valence-corrected chi connectivity index (χ1v) is 10.8. The van der Waals surface area contributed by atoms with Crippen LogP contribution in [0, 0.1) is 5.92 Å². The van der Waals surface area contributed by atoms with Crippen LogP contribution in [0.15, 0.2) is 62.9 Å². The Labute approximate surface area is 199 Å². The van der Waals surface area contributed by atoms with Crippen LogP contribution in [0.5, 0.6) is 0 Å². The molecule has 0 fully saturated rings. The van der Waals surface area contributed by atoms with Crippen molar-refractivity contribution in [3.8, 4) is 0 Å². The molecule has 29 heavy (non-hydrogen) atoms. The number of unbranched alkanes of at least 4 members (excludes halogenated alkanes) is 1. The Hall–Kier alpha value is -1.35. The molecule has 0 amide bonds. The summed E-state index contributed by atoms with van der Waals surface area (Å²) in [4.78, 5) is 16.0. The van der Waals surface area contributed by atoms with Crippen LogP contribution in [0.25, 0.3) is 0 Å². The lowest BCUT2D eigenvalue weighted by molar-refractivity contribution is 0.492. The minimum absolute atomic E-state index is 0. The standard InChI is InChI=1S/C22H31BrN4O.HI/c1-3-18(15-19-9-8-10-20(23)16-19)17-26-22(24-2)25-12-5-7-14-27-13-6-4-11-21(27)28;/h4,6,8-11,13,16,18H,3,5,7,12,14-15,17H2,1-2H3,(H2,24,25,26);1H. The monoisotopic (exact) mass is 574 g/mol. The third-order valence-electron chi connectivity index (χ3n) is 4.79. The summed E-state index contributed by atoms with van der Waals surface area (Å²) in [6, 6.07) is 13.8. The summed E-state index contributed by atoms with van der Waals surface area (Å²) in [6.07, 6.45) is 5.94. The molecule has 0 bridgehead atoms. The number of aromatic nitrogens is 1. The van der Waals surface area contributed by atoms with Gasteiger partial charge in [0.1, 0.15) is 0 Å². The number of guanidine groups is 1. The van der Waals surface area contributed by atoms with Crippen LogP contribution in [0.1, 0.15) is 31.7 Å². The Morgan fingerprint density at radius 2 is 2.00 bits per heavy atom. The Bertz CT molecular complexity index is 809. The highest BCUT2D eigenvalue weighted by Crippen LogP contribution is 2.16. The van der Waals surface area contributed by atoms with Gasteiger partial charge >= 0.3 is 0 Å². The molecule has 1 aromatic carbocycles. The highest BCUT2D eigenvalue weighted by Gasteiger charge is 2.09. The van der Waals surface area contributed by atoms with Crippen molar-refractivity contribution in [2.45, 2.75) is 39.2 Å². The van der Waals surface area contributed by atoms with E-state index in [-0.39, 0.29) is 29.5 Å². The molecule has 1 unspecified atom stereocenters. The van der Waals surface area contributed by atoms with Crippen LogP contribution in [0.2, 0.25) is 0 Å². The van der Waals surface area contributed by atoms with E-state index in [1.54, 1.807) is 23.7 Å². The van der Waals surface area contributed by atoms with E-state index in [9.17, 15) is 4.79 Å². The molecule has 0 aliphatic heterocycles. The third kappa shape index (κ3) is 9.80. The smallest absolute Gasteiger partial charge is 0.250 e. The molecule has 2 N–H and O–H groups in total. The Morgan fingerprint density at radius 3 is 2.69 bits per heavy atom. The molecule has 2 aromatic rings. The predicted octanol–water partition coefficient (Wildman–Crippen LogP) is 4.44. The fraction of sp³-hybridized carbons (Fsp3) is 0.455. The lowest BCUT2D eigenvalue weighted by atomic mass is 9.97. The fourth-order valence-corrected chi connectivity index (χ4v) is 3.53. The number of nitrogens with zero attached hydrogens (tertiary/aromatic N) is 2. The number of halogens is 2. The van der Waals surface area contributed by atoms with Gasteiger partial charge in [0, 0.05) is 43.4 Å². The molecule has 160 valence electrons. The maximum absolute atomic E-state index is 11.7. The number of hydrogen-bond donors (Lipinski definition) is 2. The number of pyridine rings is 1. The molecule has 0 aliphatic rings. The number of hydrogen-bond acceptors (Lipinski definition) is 2. The first-order chi connectivity index (χ1) is 13.6. The third-order valence-corrected chi connectivity index (χ3v) is 5.28. The van der Waals surface area contributed by atoms with Crippen LogP contribution >= 0.6 is 39.9 Å². The van der Waals surface area contributed by atoms with Gasteiger partial charge < -0.3 is 15.2 Å². The summed E-state index contributed by atoms with van der Waals surface area (Å²) >= 11 is 3.54. The minimum atomic E-state index is 0. The van der Waals surface area contributed by atoms with Crippen molar-refractivity contribution in [3.63, 3.8) is 0 Å². The highest BCUT2D eigenvalue weighted by atomic mass is 127. The van der Waals surface area contributed by atoms with Crippen molar-refractivity contribution < 1.29 is 0 Å². The quantitative estimate of drug-likeness (QED) is 0.191. The van der Waals surface area contributed by atoms with E-state index >= 15 is 0 Å². The van der Waals surface area contributed by atoms with Crippen molar-refractivity contribution in [2.24, 2.45) is 10.9 Å². The molecule has 2 rings (SSSR count). The predicted molar refractivity (Wildman–Crippen MR) is 136 cm³/mol. The second kappa shape index (κ2) is 14.6. The molecule has 0 aliphatic carbocycles. The molecular formula is C22H32BrIN4O. The summed E-state index contributed by atoms with van der Waals surface area (Å²) in [5.74, 6) is 1.39. The van der Waals surface area contributed by atoms with E-state index in [2.05, 4.69) is 62.7 Å². The van der Waals surface area contributed by atoms with E-state index in [4.69, 9.17) is 0 Å². The first-order valence-electron chi connectivity index (χ1n) is 9.96. The van der Waals surface area contributed by atoms with Gasteiger partial charge in [-0.1, -0.05) is 47.5 Å². The lowest BCUT2D eigenvalue weighted by Crippen LogP contribution is -2.40. The van der Waals surface area contributed by atoms with Gasteiger partial charge in [0.15, 0.2) is 5.96 Å². The van der Waals surface area contributed by atoms with E-state index in [1.807, 2.05) is 12.3 Å². The Kier molecular flexibility index (Phi) is 12.9. The average Bonchev–Trinajstić information content (AvgIpc) is 2.70. The van der Waals surface area contributed by atoms with Gasteiger partial charge in [0.2, 0.25) is 5.56 Å². The number of aryl methyl sites for hydroxylation is 1. The first kappa shape index (κ1) is 25.7. The molecule has 0 saturated heterocycles. The van der Waals surface area contributed by atoms with Gasteiger partial charge in [0.05, 0.1) is 0 Å². The van der Waals surface area contributed by atoms with Crippen LogP contribution in [0.4, 0.5) is 0 Å². The van der Waals surface area contributed by atoms with E-state index in [0.717, 1.165) is 55.7 Å². The molecule has 5 nitrogen and oxygen atoms in total. The van der Waals surface area contributed by atoms with Crippen molar-refractivity contribution >= 4 is 45.9 Å². The van der Waals surface area contributed by atoms with E-state index in [1.165, 1.54) is 5.56 Å². The largest absolute Gasteiger partial charge is 0.356 e.